The molecule has 0 spiro atoms. The zero-order valence-electron chi connectivity index (χ0n) is 11.9. The number of carbonyl (C=O) groups excluding carboxylic acids is 1. The van der Waals surface area contributed by atoms with E-state index in [0.717, 1.165) is 18.4 Å². The van der Waals surface area contributed by atoms with Crippen LogP contribution in [0.1, 0.15) is 42.6 Å². The molecule has 3 heteroatoms. The molecular weight excluding hydrogens is 226 g/mol. The molecule has 1 aromatic rings. The van der Waals surface area contributed by atoms with Gasteiger partial charge in [-0.3, -0.25) is 0 Å². The highest BCUT2D eigenvalue weighted by Crippen LogP contribution is 2.08. The molecule has 1 atom stereocenters. The van der Waals surface area contributed by atoms with Crippen LogP contribution in [0.3, 0.4) is 0 Å². The van der Waals surface area contributed by atoms with Crippen molar-refractivity contribution >= 4 is 5.97 Å². The van der Waals surface area contributed by atoms with E-state index in [-0.39, 0.29) is 5.97 Å². The third-order valence-corrected chi connectivity index (χ3v) is 2.83. The first kappa shape index (κ1) is 16.6. The van der Waals surface area contributed by atoms with Crippen molar-refractivity contribution in [2.75, 3.05) is 13.7 Å². The van der Waals surface area contributed by atoms with Crippen molar-refractivity contribution in [2.24, 2.45) is 11.7 Å². The van der Waals surface area contributed by atoms with E-state index >= 15 is 0 Å². The number of hydrogen-bond donors (Lipinski definition) is 1. The standard InChI is InChI=1S/C14H20O2.CH5N/c1-4-11(2)9-10-16-14(15)13-7-5-12(3)6-8-13;1-2/h5-8,11H,4,9-10H2,1-3H3;2H2,1H3. The number of esters is 1. The van der Waals surface area contributed by atoms with E-state index in [1.807, 2.05) is 19.1 Å². The van der Waals surface area contributed by atoms with Gasteiger partial charge in [-0.2, -0.15) is 0 Å². The molecule has 0 aliphatic carbocycles. The highest BCUT2D eigenvalue weighted by atomic mass is 16.5. The van der Waals surface area contributed by atoms with Crippen LogP contribution in [0, 0.1) is 12.8 Å². The van der Waals surface area contributed by atoms with Crippen LogP contribution in [-0.2, 0) is 4.74 Å². The summed E-state index contributed by atoms with van der Waals surface area (Å²) < 4.78 is 5.20. The summed E-state index contributed by atoms with van der Waals surface area (Å²) in [5.74, 6) is 0.397. The molecule has 1 aromatic carbocycles. The lowest BCUT2D eigenvalue weighted by Gasteiger charge is -2.09. The van der Waals surface area contributed by atoms with Crippen LogP contribution in [0.15, 0.2) is 24.3 Å². The molecular formula is C15H25NO2. The number of hydrogen-bond acceptors (Lipinski definition) is 3. The maximum Gasteiger partial charge on any atom is 0.338 e. The Bertz CT molecular complexity index is 333. The fraction of sp³-hybridized carbons (Fsp3) is 0.533. The molecule has 0 aliphatic heterocycles. The molecule has 1 unspecified atom stereocenters. The van der Waals surface area contributed by atoms with Crippen LogP contribution in [0.2, 0.25) is 0 Å². The number of aryl methyl sites for hydroxylation is 1. The van der Waals surface area contributed by atoms with Gasteiger partial charge in [0.2, 0.25) is 0 Å². The number of carbonyl (C=O) groups is 1. The second-order valence-corrected chi connectivity index (χ2v) is 4.30. The van der Waals surface area contributed by atoms with E-state index in [9.17, 15) is 4.79 Å². The quantitative estimate of drug-likeness (QED) is 0.818. The van der Waals surface area contributed by atoms with Gasteiger partial charge in [0, 0.05) is 0 Å². The van der Waals surface area contributed by atoms with Gasteiger partial charge in [-0.05, 0) is 38.4 Å². The number of rotatable bonds is 5. The van der Waals surface area contributed by atoms with Crippen LogP contribution in [0.25, 0.3) is 0 Å². The molecule has 3 nitrogen and oxygen atoms in total. The van der Waals surface area contributed by atoms with Crippen molar-refractivity contribution < 1.29 is 9.53 Å². The van der Waals surface area contributed by atoms with Crippen molar-refractivity contribution in [3.63, 3.8) is 0 Å². The Kier molecular flexibility index (Phi) is 8.93. The van der Waals surface area contributed by atoms with Gasteiger partial charge in [0.05, 0.1) is 12.2 Å². The zero-order valence-corrected chi connectivity index (χ0v) is 11.9. The normalized spacial score (nSPS) is 11.2. The fourth-order valence-electron chi connectivity index (χ4n) is 1.33. The first-order chi connectivity index (χ1) is 8.63. The van der Waals surface area contributed by atoms with Crippen molar-refractivity contribution in [3.05, 3.63) is 35.4 Å². The first-order valence-corrected chi connectivity index (χ1v) is 6.45. The van der Waals surface area contributed by atoms with E-state index in [2.05, 4.69) is 19.6 Å². The Morgan fingerprint density at radius 2 is 1.83 bits per heavy atom. The Morgan fingerprint density at radius 3 is 2.33 bits per heavy atom. The second kappa shape index (κ2) is 9.66. The fourth-order valence-corrected chi connectivity index (χ4v) is 1.33. The lowest BCUT2D eigenvalue weighted by Crippen LogP contribution is -2.08. The summed E-state index contributed by atoms with van der Waals surface area (Å²) in [7, 11) is 1.50. The lowest BCUT2D eigenvalue weighted by molar-refractivity contribution is 0.0485. The molecule has 0 radical (unpaired) electrons. The van der Waals surface area contributed by atoms with Gasteiger partial charge in [-0.25, -0.2) is 4.79 Å². The number of nitrogens with two attached hydrogens (primary N) is 1. The van der Waals surface area contributed by atoms with Crippen LogP contribution in [0.5, 0.6) is 0 Å². The van der Waals surface area contributed by atoms with Crippen molar-refractivity contribution in [1.82, 2.24) is 0 Å². The van der Waals surface area contributed by atoms with Crippen molar-refractivity contribution in [2.45, 2.75) is 33.6 Å². The molecule has 2 N–H and O–H groups in total. The SMILES string of the molecule is CCC(C)CCOC(=O)c1ccc(C)cc1.CN. The predicted molar refractivity (Wildman–Crippen MR) is 75.6 cm³/mol. The van der Waals surface area contributed by atoms with Crippen LogP contribution >= 0.6 is 0 Å². The van der Waals surface area contributed by atoms with Gasteiger partial charge in [0.15, 0.2) is 0 Å². The van der Waals surface area contributed by atoms with Crippen LogP contribution < -0.4 is 5.73 Å². The molecule has 0 saturated heterocycles. The van der Waals surface area contributed by atoms with E-state index in [1.165, 1.54) is 7.05 Å². The minimum absolute atomic E-state index is 0.219. The Morgan fingerprint density at radius 1 is 1.28 bits per heavy atom. The largest absolute Gasteiger partial charge is 0.462 e. The van der Waals surface area contributed by atoms with Crippen molar-refractivity contribution in [3.8, 4) is 0 Å². The lowest BCUT2D eigenvalue weighted by atomic mass is 10.1. The maximum atomic E-state index is 11.6. The van der Waals surface area contributed by atoms with Gasteiger partial charge in [0.1, 0.15) is 0 Å². The third kappa shape index (κ3) is 6.40. The van der Waals surface area contributed by atoms with Crippen LogP contribution in [0.4, 0.5) is 0 Å². The van der Waals surface area contributed by atoms with Gasteiger partial charge >= 0.3 is 5.97 Å². The average Bonchev–Trinajstić information content (AvgIpc) is 2.41. The smallest absolute Gasteiger partial charge is 0.338 e. The molecule has 0 aliphatic rings. The van der Waals surface area contributed by atoms with E-state index in [1.54, 1.807) is 12.1 Å². The van der Waals surface area contributed by atoms with Gasteiger partial charge < -0.3 is 10.5 Å². The Hall–Kier alpha value is -1.35. The average molecular weight is 251 g/mol. The highest BCUT2D eigenvalue weighted by Gasteiger charge is 2.07. The molecule has 1 rings (SSSR count). The first-order valence-electron chi connectivity index (χ1n) is 6.45. The predicted octanol–water partition coefficient (Wildman–Crippen LogP) is 3.16. The third-order valence-electron chi connectivity index (χ3n) is 2.83. The summed E-state index contributed by atoms with van der Waals surface area (Å²) in [6.07, 6.45) is 2.07. The number of benzene rings is 1. The number of ether oxygens (including phenoxy) is 1. The molecule has 18 heavy (non-hydrogen) atoms. The topological polar surface area (TPSA) is 52.3 Å². The summed E-state index contributed by atoms with van der Waals surface area (Å²) in [4.78, 5) is 11.6. The summed E-state index contributed by atoms with van der Waals surface area (Å²) in [5.41, 5.74) is 6.28. The van der Waals surface area contributed by atoms with Crippen molar-refractivity contribution in [1.29, 1.82) is 0 Å². The van der Waals surface area contributed by atoms with Gasteiger partial charge in [-0.1, -0.05) is 38.0 Å². The molecule has 0 heterocycles. The second-order valence-electron chi connectivity index (χ2n) is 4.30. The van der Waals surface area contributed by atoms with E-state index in [4.69, 9.17) is 4.74 Å². The molecule has 0 bridgehead atoms. The Balaban J connectivity index is 0.00000137. The zero-order chi connectivity index (χ0) is 14.0. The summed E-state index contributed by atoms with van der Waals surface area (Å²) in [5, 5.41) is 0. The highest BCUT2D eigenvalue weighted by molar-refractivity contribution is 5.89. The summed E-state index contributed by atoms with van der Waals surface area (Å²) in [6.45, 7) is 6.83. The summed E-state index contributed by atoms with van der Waals surface area (Å²) >= 11 is 0. The minimum Gasteiger partial charge on any atom is -0.462 e. The molecule has 0 amide bonds. The monoisotopic (exact) mass is 251 g/mol. The van der Waals surface area contributed by atoms with Gasteiger partial charge in [-0.15, -0.1) is 0 Å². The van der Waals surface area contributed by atoms with Gasteiger partial charge in [0.25, 0.3) is 0 Å². The van der Waals surface area contributed by atoms with Crippen LogP contribution in [-0.4, -0.2) is 19.6 Å². The summed E-state index contributed by atoms with van der Waals surface area (Å²) in [6, 6.07) is 7.46. The van der Waals surface area contributed by atoms with E-state index < -0.39 is 0 Å². The maximum absolute atomic E-state index is 11.6. The molecule has 0 aromatic heterocycles. The Labute approximate surface area is 110 Å². The molecule has 102 valence electrons. The van der Waals surface area contributed by atoms with E-state index in [0.29, 0.717) is 18.1 Å². The molecule has 0 saturated carbocycles. The minimum atomic E-state index is -0.219. The molecule has 0 fully saturated rings.